The van der Waals surface area contributed by atoms with Gasteiger partial charge in [0.25, 0.3) is 0 Å². The van der Waals surface area contributed by atoms with Gasteiger partial charge in [0.1, 0.15) is 6.33 Å². The fourth-order valence-corrected chi connectivity index (χ4v) is 2.76. The van der Waals surface area contributed by atoms with Crippen LogP contribution in [0.5, 0.6) is 0 Å². The molecule has 0 radical (unpaired) electrons. The zero-order chi connectivity index (χ0) is 20.3. The van der Waals surface area contributed by atoms with E-state index in [4.69, 9.17) is 0 Å². The first-order chi connectivity index (χ1) is 13.4. The molecule has 0 spiro atoms. The maximum atomic E-state index is 12.4. The van der Waals surface area contributed by atoms with E-state index < -0.39 is 23.8 Å². The number of amides is 2. The predicted octanol–water partition coefficient (Wildman–Crippen LogP) is 0.448. The molecule has 2 heterocycles. The van der Waals surface area contributed by atoms with Crippen LogP contribution < -0.4 is 10.6 Å². The summed E-state index contributed by atoms with van der Waals surface area (Å²) in [7, 11) is 2.40. The van der Waals surface area contributed by atoms with Crippen molar-refractivity contribution < 1.29 is 28.7 Å². The second-order valence-electron chi connectivity index (χ2n) is 5.99. The lowest BCUT2D eigenvalue weighted by Crippen LogP contribution is -2.36. The van der Waals surface area contributed by atoms with Gasteiger partial charge in [0, 0.05) is 12.1 Å². The van der Waals surface area contributed by atoms with Crippen LogP contribution in [0.15, 0.2) is 24.5 Å². The van der Waals surface area contributed by atoms with Crippen LogP contribution in [0.3, 0.4) is 0 Å². The molecule has 1 aromatic carbocycles. The number of nitrogens with zero attached hydrogens (tertiary/aromatic N) is 3. The Bertz CT molecular complexity index is 919. The molecule has 1 atom stereocenters. The molecule has 0 aliphatic carbocycles. The van der Waals surface area contributed by atoms with Gasteiger partial charge in [-0.2, -0.15) is 10.1 Å². The van der Waals surface area contributed by atoms with Gasteiger partial charge in [-0.05, 0) is 18.2 Å². The fraction of sp³-hybridized carbons (Fsp3) is 0.294. The molecule has 3 rings (SSSR count). The van der Waals surface area contributed by atoms with Crippen LogP contribution >= 0.6 is 0 Å². The Kier molecular flexibility index (Phi) is 5.34. The molecule has 1 aliphatic heterocycles. The maximum Gasteiger partial charge on any atom is 0.337 e. The van der Waals surface area contributed by atoms with E-state index in [9.17, 15) is 19.2 Å². The molecule has 28 heavy (non-hydrogen) atoms. The molecule has 0 saturated carbocycles. The van der Waals surface area contributed by atoms with Crippen molar-refractivity contribution in [3.05, 3.63) is 35.7 Å². The molecule has 11 heteroatoms. The second-order valence-corrected chi connectivity index (χ2v) is 5.99. The quantitative estimate of drug-likeness (QED) is 0.704. The van der Waals surface area contributed by atoms with E-state index in [1.165, 1.54) is 43.4 Å². The van der Waals surface area contributed by atoms with Crippen LogP contribution in [-0.4, -0.2) is 52.7 Å². The van der Waals surface area contributed by atoms with Crippen molar-refractivity contribution in [2.45, 2.75) is 13.0 Å². The molecule has 0 fully saturated rings. The summed E-state index contributed by atoms with van der Waals surface area (Å²) in [5, 5.41) is 9.13. The Morgan fingerprint density at radius 3 is 2.43 bits per heavy atom. The molecule has 1 aromatic heterocycles. The van der Waals surface area contributed by atoms with Crippen molar-refractivity contribution in [1.82, 2.24) is 14.8 Å². The number of hydrogen-bond donors (Lipinski definition) is 2. The van der Waals surface area contributed by atoms with E-state index in [1.807, 2.05) is 0 Å². The summed E-state index contributed by atoms with van der Waals surface area (Å²) in [6.07, 6.45) is 1.19. The van der Waals surface area contributed by atoms with Gasteiger partial charge in [-0.25, -0.2) is 14.3 Å². The number of anilines is 2. The molecule has 0 unspecified atom stereocenters. The number of benzene rings is 1. The lowest BCUT2D eigenvalue weighted by molar-refractivity contribution is -0.125. The Morgan fingerprint density at radius 1 is 1.18 bits per heavy atom. The Hall–Kier alpha value is -3.76. The molecule has 2 amide bonds. The minimum Gasteiger partial charge on any atom is -0.465 e. The Morgan fingerprint density at radius 2 is 1.82 bits per heavy atom. The number of carbonyl (C=O) groups is 4. The molecule has 0 saturated heterocycles. The van der Waals surface area contributed by atoms with Crippen molar-refractivity contribution in [3.63, 3.8) is 0 Å². The summed E-state index contributed by atoms with van der Waals surface area (Å²) in [5.74, 6) is -2.47. The van der Waals surface area contributed by atoms with Crippen LogP contribution in [0.1, 0.15) is 27.1 Å². The summed E-state index contributed by atoms with van der Waals surface area (Å²) in [6.45, 7) is 0.212. The van der Waals surface area contributed by atoms with Crippen LogP contribution in [-0.2, 0) is 25.6 Å². The molecule has 2 aromatic rings. The van der Waals surface area contributed by atoms with Crippen LogP contribution in [0.2, 0.25) is 0 Å². The van der Waals surface area contributed by atoms with E-state index in [0.29, 0.717) is 5.95 Å². The van der Waals surface area contributed by atoms with Crippen molar-refractivity contribution in [2.75, 3.05) is 24.9 Å². The average Bonchev–Trinajstić information content (AvgIpc) is 3.13. The number of methoxy groups -OCH3 is 2. The van der Waals surface area contributed by atoms with Gasteiger partial charge >= 0.3 is 11.9 Å². The van der Waals surface area contributed by atoms with Crippen LogP contribution in [0.25, 0.3) is 0 Å². The van der Waals surface area contributed by atoms with E-state index in [0.717, 1.165) is 0 Å². The van der Waals surface area contributed by atoms with Gasteiger partial charge in [-0.1, -0.05) is 0 Å². The number of aromatic nitrogens is 3. The Balaban J connectivity index is 1.75. The van der Waals surface area contributed by atoms with Crippen LogP contribution in [0.4, 0.5) is 11.6 Å². The summed E-state index contributed by atoms with van der Waals surface area (Å²) >= 11 is 0. The van der Waals surface area contributed by atoms with E-state index >= 15 is 0 Å². The molecule has 2 N–H and O–H groups in total. The minimum absolute atomic E-state index is 0.0726. The van der Waals surface area contributed by atoms with Gasteiger partial charge in [0.15, 0.2) is 0 Å². The normalized spacial score (nSPS) is 15.2. The topological polar surface area (TPSA) is 142 Å². The monoisotopic (exact) mass is 387 g/mol. The fourth-order valence-electron chi connectivity index (χ4n) is 2.76. The molecular formula is C17H17N5O6. The third kappa shape index (κ3) is 3.98. The van der Waals surface area contributed by atoms with Crippen molar-refractivity contribution in [2.24, 2.45) is 5.92 Å². The summed E-state index contributed by atoms with van der Waals surface area (Å²) in [5.41, 5.74) is 0.345. The molecule has 11 nitrogen and oxygen atoms in total. The molecule has 0 bridgehead atoms. The number of carbonyl (C=O) groups excluding carboxylic acids is 4. The molecule has 146 valence electrons. The van der Waals surface area contributed by atoms with Gasteiger partial charge in [-0.3, -0.25) is 14.9 Å². The zero-order valence-electron chi connectivity index (χ0n) is 15.1. The first-order valence-corrected chi connectivity index (χ1v) is 8.21. The zero-order valence-corrected chi connectivity index (χ0v) is 15.1. The molecular weight excluding hydrogens is 370 g/mol. The minimum atomic E-state index is -0.674. The standard InChI is InChI=1S/C17H17N5O6/c1-27-15(25)9-3-10(16(26)28-2)5-12(4-9)20-13(23)6-11-7-22-17(18-8-19-22)21-14(11)24/h3-5,8,11H,6-7H2,1-2H3,(H,20,23)(H,18,19,21,24)/t11-/m0/s1. The summed E-state index contributed by atoms with van der Waals surface area (Å²) < 4.78 is 10.8. The first kappa shape index (κ1) is 19.0. The number of nitrogens with one attached hydrogen (secondary N) is 2. The third-order valence-electron chi connectivity index (χ3n) is 4.11. The number of fused-ring (bicyclic) bond motifs is 1. The highest BCUT2D eigenvalue weighted by atomic mass is 16.5. The number of rotatable bonds is 5. The summed E-state index contributed by atoms with van der Waals surface area (Å²) in [4.78, 5) is 52.0. The second kappa shape index (κ2) is 7.86. The number of hydrogen-bond acceptors (Lipinski definition) is 8. The lowest BCUT2D eigenvalue weighted by Gasteiger charge is -2.21. The number of esters is 2. The largest absolute Gasteiger partial charge is 0.465 e. The maximum absolute atomic E-state index is 12.4. The van der Waals surface area contributed by atoms with Crippen molar-refractivity contribution >= 4 is 35.4 Å². The highest BCUT2D eigenvalue weighted by molar-refractivity contribution is 6.01. The third-order valence-corrected chi connectivity index (χ3v) is 4.11. The summed E-state index contributed by atoms with van der Waals surface area (Å²) in [6, 6.07) is 4.04. The van der Waals surface area contributed by atoms with E-state index in [-0.39, 0.29) is 35.7 Å². The number of ether oxygens (including phenoxy) is 2. The van der Waals surface area contributed by atoms with Crippen molar-refractivity contribution in [1.29, 1.82) is 0 Å². The highest BCUT2D eigenvalue weighted by Crippen LogP contribution is 2.21. The smallest absolute Gasteiger partial charge is 0.337 e. The van der Waals surface area contributed by atoms with Gasteiger partial charge in [-0.15, -0.1) is 0 Å². The first-order valence-electron chi connectivity index (χ1n) is 8.21. The Labute approximate surface area is 159 Å². The van der Waals surface area contributed by atoms with Crippen molar-refractivity contribution in [3.8, 4) is 0 Å². The van der Waals surface area contributed by atoms with Crippen LogP contribution in [0, 0.1) is 5.92 Å². The van der Waals surface area contributed by atoms with Gasteiger partial charge in [0.05, 0.1) is 37.8 Å². The highest BCUT2D eigenvalue weighted by Gasteiger charge is 2.29. The lowest BCUT2D eigenvalue weighted by atomic mass is 10.0. The molecule has 1 aliphatic rings. The predicted molar refractivity (Wildman–Crippen MR) is 94.5 cm³/mol. The van der Waals surface area contributed by atoms with Gasteiger partial charge < -0.3 is 14.8 Å². The van der Waals surface area contributed by atoms with E-state index in [2.05, 4.69) is 30.2 Å². The van der Waals surface area contributed by atoms with Gasteiger partial charge in [0.2, 0.25) is 17.8 Å². The SMILES string of the molecule is COC(=O)c1cc(NC(=O)C[C@H]2Cn3ncnc3NC2=O)cc(C(=O)OC)c1. The van der Waals surface area contributed by atoms with E-state index in [1.54, 1.807) is 0 Å². The average molecular weight is 387 g/mol.